The molecule has 2 fully saturated rings. The Morgan fingerprint density at radius 1 is 1.39 bits per heavy atom. The second-order valence-corrected chi connectivity index (χ2v) is 5.80. The summed E-state index contributed by atoms with van der Waals surface area (Å²) in [5.41, 5.74) is 1.61. The second kappa shape index (κ2) is 4.86. The molecule has 3 atom stereocenters. The van der Waals surface area contributed by atoms with Gasteiger partial charge in [0.1, 0.15) is 5.75 Å². The smallest absolute Gasteiger partial charge is 0.115 e. The molecule has 1 saturated heterocycles. The first-order chi connectivity index (χ1) is 8.13. The van der Waals surface area contributed by atoms with Crippen molar-refractivity contribution in [2.45, 2.75) is 50.1 Å². The molecule has 18 heavy (non-hydrogen) atoms. The van der Waals surface area contributed by atoms with Crippen molar-refractivity contribution in [3.63, 3.8) is 0 Å². The number of fused-ring (bicyclic) bond motifs is 2. The maximum absolute atomic E-state index is 9.71. The van der Waals surface area contributed by atoms with Crippen LogP contribution < -0.4 is 0 Å². The largest absolute Gasteiger partial charge is 0.508 e. The minimum Gasteiger partial charge on any atom is -0.508 e. The molecule has 1 aliphatic heterocycles. The first-order valence-electron chi connectivity index (χ1n) is 6.65. The summed E-state index contributed by atoms with van der Waals surface area (Å²) in [5.74, 6) is 0.403. The molecule has 0 amide bonds. The highest BCUT2D eigenvalue weighted by Gasteiger charge is 2.51. The van der Waals surface area contributed by atoms with Crippen molar-refractivity contribution < 1.29 is 5.11 Å². The molecule has 0 spiro atoms. The molecular formula is C15H22BrNO. The van der Waals surface area contributed by atoms with Crippen LogP contribution in [0.1, 0.15) is 38.2 Å². The van der Waals surface area contributed by atoms with Gasteiger partial charge in [0, 0.05) is 17.5 Å². The van der Waals surface area contributed by atoms with Gasteiger partial charge in [-0.1, -0.05) is 18.6 Å². The molecule has 0 unspecified atom stereocenters. The van der Waals surface area contributed by atoms with E-state index < -0.39 is 0 Å². The van der Waals surface area contributed by atoms with Gasteiger partial charge in [0.15, 0.2) is 0 Å². The Morgan fingerprint density at radius 3 is 2.89 bits per heavy atom. The highest BCUT2D eigenvalue weighted by Crippen LogP contribution is 2.51. The van der Waals surface area contributed by atoms with Crippen LogP contribution >= 0.6 is 17.0 Å². The zero-order valence-corrected chi connectivity index (χ0v) is 12.8. The summed E-state index contributed by atoms with van der Waals surface area (Å²) in [6.07, 6.45) is 5.17. The number of phenolic OH excluding ortho intramolecular Hbond substituents is 1. The lowest BCUT2D eigenvalue weighted by Crippen LogP contribution is -2.38. The summed E-state index contributed by atoms with van der Waals surface area (Å²) in [7, 11) is 2.26. The number of benzene rings is 1. The third kappa shape index (κ3) is 1.88. The molecule has 0 aromatic heterocycles. The van der Waals surface area contributed by atoms with Gasteiger partial charge in [-0.2, -0.15) is 0 Å². The topological polar surface area (TPSA) is 23.5 Å². The van der Waals surface area contributed by atoms with Crippen LogP contribution in [-0.2, 0) is 5.41 Å². The first kappa shape index (κ1) is 13.9. The van der Waals surface area contributed by atoms with Crippen LogP contribution in [0.4, 0.5) is 0 Å². The second-order valence-electron chi connectivity index (χ2n) is 5.80. The number of likely N-dealkylation sites (tertiary alicyclic amines) is 1. The monoisotopic (exact) mass is 311 g/mol. The van der Waals surface area contributed by atoms with Crippen molar-refractivity contribution >= 4 is 17.0 Å². The number of aromatic hydroxyl groups is 1. The average molecular weight is 312 g/mol. The maximum Gasteiger partial charge on any atom is 0.115 e. The molecule has 3 heteroatoms. The van der Waals surface area contributed by atoms with Crippen LogP contribution in [0.5, 0.6) is 5.75 Å². The standard InChI is InChI=1S/C15H21NO.BrH/c1-11-15(12-5-3-7-14(17)9-12)8-4-6-13(10-15)16(11)2;/h3,5,7,9,11,13,17H,4,6,8,10H2,1-2H3;1H/t11-,13+,15+;/m1./s1. The van der Waals surface area contributed by atoms with Gasteiger partial charge >= 0.3 is 0 Å². The van der Waals surface area contributed by atoms with E-state index in [-0.39, 0.29) is 22.4 Å². The Balaban J connectivity index is 0.00000120. The van der Waals surface area contributed by atoms with Crippen molar-refractivity contribution in [1.82, 2.24) is 4.90 Å². The van der Waals surface area contributed by atoms with E-state index in [1.54, 1.807) is 6.07 Å². The van der Waals surface area contributed by atoms with Crippen LogP contribution in [0, 0.1) is 0 Å². The highest BCUT2D eigenvalue weighted by atomic mass is 79.9. The number of rotatable bonds is 1. The summed E-state index contributed by atoms with van der Waals surface area (Å²) in [6.45, 7) is 2.34. The number of likely N-dealkylation sites (N-methyl/N-ethyl adjacent to an activating group) is 1. The van der Waals surface area contributed by atoms with Gasteiger partial charge in [0.05, 0.1) is 0 Å². The van der Waals surface area contributed by atoms with Gasteiger partial charge in [0.2, 0.25) is 0 Å². The Bertz CT molecular complexity index is 436. The van der Waals surface area contributed by atoms with E-state index in [1.165, 1.54) is 31.2 Å². The molecule has 1 aromatic rings. The Morgan fingerprint density at radius 2 is 2.17 bits per heavy atom. The molecule has 3 rings (SSSR count). The van der Waals surface area contributed by atoms with Gasteiger partial charge in [-0.3, -0.25) is 4.90 Å². The zero-order valence-electron chi connectivity index (χ0n) is 11.1. The Labute approximate surface area is 120 Å². The molecule has 0 radical (unpaired) electrons. The molecule has 100 valence electrons. The van der Waals surface area contributed by atoms with Crippen LogP contribution in [0.2, 0.25) is 0 Å². The molecule has 2 nitrogen and oxygen atoms in total. The van der Waals surface area contributed by atoms with Crippen LogP contribution in [0.3, 0.4) is 0 Å². The molecule has 1 saturated carbocycles. The third-order valence-corrected chi connectivity index (χ3v) is 5.17. The predicted octanol–water partition coefficient (Wildman–Crippen LogP) is 3.48. The molecule has 1 aromatic carbocycles. The molecule has 1 N–H and O–H groups in total. The Kier molecular flexibility index (Phi) is 3.75. The molecule has 1 aliphatic carbocycles. The number of hydrogen-bond acceptors (Lipinski definition) is 2. The molecular weight excluding hydrogens is 290 g/mol. The fourth-order valence-electron chi connectivity index (χ4n) is 4.03. The first-order valence-corrected chi connectivity index (χ1v) is 6.65. The minimum absolute atomic E-state index is 0. The predicted molar refractivity (Wildman–Crippen MR) is 79.6 cm³/mol. The van der Waals surface area contributed by atoms with E-state index in [0.717, 1.165) is 6.04 Å². The highest BCUT2D eigenvalue weighted by molar-refractivity contribution is 8.93. The summed E-state index contributed by atoms with van der Waals surface area (Å²) < 4.78 is 0. The van der Waals surface area contributed by atoms with Gasteiger partial charge in [-0.05, 0) is 50.9 Å². The number of nitrogens with zero attached hydrogens (tertiary/aromatic N) is 1. The van der Waals surface area contributed by atoms with Crippen molar-refractivity contribution in [3.05, 3.63) is 29.8 Å². The van der Waals surface area contributed by atoms with Crippen molar-refractivity contribution in [2.75, 3.05) is 7.05 Å². The van der Waals surface area contributed by atoms with E-state index in [0.29, 0.717) is 11.8 Å². The van der Waals surface area contributed by atoms with E-state index >= 15 is 0 Å². The van der Waals surface area contributed by atoms with E-state index in [1.807, 2.05) is 12.1 Å². The molecule has 2 aliphatic rings. The fourth-order valence-corrected chi connectivity index (χ4v) is 4.03. The summed E-state index contributed by atoms with van der Waals surface area (Å²) in [5, 5.41) is 9.71. The van der Waals surface area contributed by atoms with Crippen LogP contribution in [0.15, 0.2) is 24.3 Å². The van der Waals surface area contributed by atoms with Gasteiger partial charge in [-0.15, -0.1) is 17.0 Å². The minimum atomic E-state index is 0. The van der Waals surface area contributed by atoms with Gasteiger partial charge < -0.3 is 5.11 Å². The molecule has 1 heterocycles. The normalized spacial score (nSPS) is 35.2. The van der Waals surface area contributed by atoms with Crippen molar-refractivity contribution in [1.29, 1.82) is 0 Å². The SMILES string of the molecule is Br.C[C@H]1N(C)[C@H]2CCC[C@]1(c1cccc(O)c1)C2. The summed E-state index contributed by atoms with van der Waals surface area (Å²) in [6, 6.07) is 9.23. The quantitative estimate of drug-likeness (QED) is 0.858. The van der Waals surface area contributed by atoms with E-state index in [4.69, 9.17) is 0 Å². The fraction of sp³-hybridized carbons (Fsp3) is 0.600. The average Bonchev–Trinajstić information content (AvgIpc) is 2.52. The van der Waals surface area contributed by atoms with Crippen LogP contribution in [0.25, 0.3) is 0 Å². The number of phenols is 1. The van der Waals surface area contributed by atoms with Gasteiger partial charge in [-0.25, -0.2) is 0 Å². The zero-order chi connectivity index (χ0) is 12.0. The van der Waals surface area contributed by atoms with E-state index in [2.05, 4.69) is 24.9 Å². The summed E-state index contributed by atoms with van der Waals surface area (Å²) >= 11 is 0. The number of hydrogen-bond donors (Lipinski definition) is 1. The lowest BCUT2D eigenvalue weighted by molar-refractivity contribution is 0.239. The van der Waals surface area contributed by atoms with Gasteiger partial charge in [0.25, 0.3) is 0 Å². The third-order valence-electron chi connectivity index (χ3n) is 5.17. The lowest BCUT2D eigenvalue weighted by atomic mass is 9.67. The Hall–Kier alpha value is -0.540. The molecule has 2 bridgehead atoms. The summed E-state index contributed by atoms with van der Waals surface area (Å²) in [4.78, 5) is 2.54. The van der Waals surface area contributed by atoms with Crippen LogP contribution in [-0.4, -0.2) is 29.1 Å². The van der Waals surface area contributed by atoms with Crippen molar-refractivity contribution in [3.8, 4) is 5.75 Å². The number of halogens is 1. The lowest BCUT2D eigenvalue weighted by Gasteiger charge is -2.36. The van der Waals surface area contributed by atoms with E-state index in [9.17, 15) is 5.11 Å². The van der Waals surface area contributed by atoms with Crippen molar-refractivity contribution in [2.24, 2.45) is 0 Å². The maximum atomic E-state index is 9.71.